The van der Waals surface area contributed by atoms with Gasteiger partial charge in [0.05, 0.1) is 11.4 Å². The van der Waals surface area contributed by atoms with Gasteiger partial charge in [-0.15, -0.1) is 0 Å². The molecule has 0 aliphatic heterocycles. The summed E-state index contributed by atoms with van der Waals surface area (Å²) >= 11 is 4.76. The summed E-state index contributed by atoms with van der Waals surface area (Å²) in [7, 11) is 0. The lowest BCUT2D eigenvalue weighted by Gasteiger charge is -2.21. The van der Waals surface area contributed by atoms with E-state index in [4.69, 9.17) is 18.0 Å². The van der Waals surface area contributed by atoms with Crippen LogP contribution in [0.15, 0.2) is 0 Å². The molecule has 1 amide bonds. The monoisotopic (exact) mass is 212 g/mol. The highest BCUT2D eigenvalue weighted by Crippen LogP contribution is 2.35. The van der Waals surface area contributed by atoms with Crippen molar-refractivity contribution in [2.45, 2.75) is 38.1 Å². The topological polar surface area (TPSA) is 46.3 Å². The van der Waals surface area contributed by atoms with Crippen molar-refractivity contribution in [3.05, 3.63) is 0 Å². The van der Waals surface area contributed by atoms with Crippen LogP contribution in [0.25, 0.3) is 0 Å². The summed E-state index contributed by atoms with van der Waals surface area (Å²) in [5.41, 5.74) is 5.38. The molecule has 2 aliphatic carbocycles. The van der Waals surface area contributed by atoms with Crippen molar-refractivity contribution in [2.24, 2.45) is 11.7 Å². The van der Waals surface area contributed by atoms with Crippen molar-refractivity contribution < 1.29 is 4.79 Å². The van der Waals surface area contributed by atoms with Crippen molar-refractivity contribution in [3.8, 4) is 0 Å². The summed E-state index contributed by atoms with van der Waals surface area (Å²) in [5, 5.41) is 0. The van der Waals surface area contributed by atoms with Crippen LogP contribution in [-0.2, 0) is 4.79 Å². The molecule has 4 heteroatoms. The Morgan fingerprint density at radius 1 is 1.36 bits per heavy atom. The van der Waals surface area contributed by atoms with Crippen molar-refractivity contribution >= 4 is 23.1 Å². The second-order valence-corrected chi connectivity index (χ2v) is 4.89. The Balaban J connectivity index is 1.87. The molecule has 14 heavy (non-hydrogen) atoms. The maximum Gasteiger partial charge on any atom is 0.229 e. The summed E-state index contributed by atoms with van der Waals surface area (Å²) in [4.78, 5) is 14.1. The zero-order valence-electron chi connectivity index (χ0n) is 8.24. The average Bonchev–Trinajstić information content (AvgIpc) is 2.94. The quantitative estimate of drug-likeness (QED) is 0.693. The van der Waals surface area contributed by atoms with Gasteiger partial charge in [0.2, 0.25) is 5.91 Å². The number of amides is 1. The number of nitrogens with two attached hydrogens (primary N) is 1. The molecule has 0 aromatic heterocycles. The lowest BCUT2D eigenvalue weighted by molar-refractivity contribution is -0.130. The van der Waals surface area contributed by atoms with Crippen LogP contribution >= 0.6 is 12.2 Å². The SMILES string of the molecule is NC(=S)CC(=O)N(CC1CC1)C1CC1. The van der Waals surface area contributed by atoms with Crippen LogP contribution in [0.4, 0.5) is 0 Å². The van der Waals surface area contributed by atoms with Crippen molar-refractivity contribution in [2.75, 3.05) is 6.54 Å². The second kappa shape index (κ2) is 3.85. The molecule has 2 rings (SSSR count). The first-order valence-corrected chi connectivity index (χ1v) is 5.65. The van der Waals surface area contributed by atoms with Gasteiger partial charge >= 0.3 is 0 Å². The molecule has 0 bridgehead atoms. The molecule has 2 N–H and O–H groups in total. The summed E-state index contributed by atoms with van der Waals surface area (Å²) < 4.78 is 0. The van der Waals surface area contributed by atoms with Crippen LogP contribution in [0.1, 0.15) is 32.1 Å². The van der Waals surface area contributed by atoms with Crippen LogP contribution in [0.5, 0.6) is 0 Å². The summed E-state index contributed by atoms with van der Waals surface area (Å²) in [6.45, 7) is 0.937. The minimum atomic E-state index is 0.131. The summed E-state index contributed by atoms with van der Waals surface area (Å²) in [5.74, 6) is 0.887. The van der Waals surface area contributed by atoms with Gasteiger partial charge in [0.15, 0.2) is 0 Å². The first-order chi connectivity index (χ1) is 6.66. The van der Waals surface area contributed by atoms with Crippen LogP contribution in [0.3, 0.4) is 0 Å². The molecule has 0 saturated heterocycles. The van der Waals surface area contributed by atoms with Crippen molar-refractivity contribution in [1.82, 2.24) is 4.90 Å². The molecule has 0 atom stereocenters. The van der Waals surface area contributed by atoms with Gasteiger partial charge in [0, 0.05) is 12.6 Å². The van der Waals surface area contributed by atoms with Crippen LogP contribution in [0.2, 0.25) is 0 Å². The predicted octanol–water partition coefficient (Wildman–Crippen LogP) is 1.06. The Labute approximate surface area is 89.6 Å². The average molecular weight is 212 g/mol. The van der Waals surface area contributed by atoms with Crippen molar-refractivity contribution in [3.63, 3.8) is 0 Å². The molecule has 0 spiro atoms. The Morgan fingerprint density at radius 2 is 2.00 bits per heavy atom. The van der Waals surface area contributed by atoms with Gasteiger partial charge in [-0.1, -0.05) is 12.2 Å². The fraction of sp³-hybridized carbons (Fsp3) is 0.800. The normalized spacial score (nSPS) is 20.6. The van der Waals surface area contributed by atoms with E-state index in [1.54, 1.807) is 0 Å². The number of thiocarbonyl (C=S) groups is 1. The Morgan fingerprint density at radius 3 is 2.43 bits per heavy atom. The van der Waals surface area contributed by atoms with E-state index >= 15 is 0 Å². The minimum absolute atomic E-state index is 0.131. The Hall–Kier alpha value is -0.640. The molecule has 0 aromatic rings. The Bertz CT molecular complexity index is 259. The smallest absolute Gasteiger partial charge is 0.229 e. The summed E-state index contributed by atoms with van der Waals surface area (Å²) in [6.07, 6.45) is 5.14. The number of rotatable bonds is 5. The van der Waals surface area contributed by atoms with E-state index in [1.807, 2.05) is 4.90 Å². The van der Waals surface area contributed by atoms with Gasteiger partial charge < -0.3 is 10.6 Å². The number of carbonyl (C=O) groups excluding carboxylic acids is 1. The maximum absolute atomic E-state index is 11.8. The highest BCUT2D eigenvalue weighted by molar-refractivity contribution is 7.80. The zero-order chi connectivity index (χ0) is 10.1. The van der Waals surface area contributed by atoms with Crippen LogP contribution in [0, 0.1) is 5.92 Å². The Kier molecular flexibility index (Phi) is 2.72. The molecule has 0 radical (unpaired) electrons. The highest BCUT2D eigenvalue weighted by atomic mass is 32.1. The van der Waals surface area contributed by atoms with E-state index in [2.05, 4.69) is 0 Å². The first-order valence-electron chi connectivity index (χ1n) is 5.24. The maximum atomic E-state index is 11.8. The predicted molar refractivity (Wildman–Crippen MR) is 58.9 cm³/mol. The largest absolute Gasteiger partial charge is 0.393 e. The standard InChI is InChI=1S/C10H16N2OS/c11-9(14)5-10(13)12(8-3-4-8)6-7-1-2-7/h7-8H,1-6H2,(H2,11,14). The number of hydrogen-bond donors (Lipinski definition) is 1. The third-order valence-electron chi connectivity index (χ3n) is 2.79. The van der Waals surface area contributed by atoms with Crippen molar-refractivity contribution in [1.29, 1.82) is 0 Å². The molecule has 2 saturated carbocycles. The van der Waals surface area contributed by atoms with Gasteiger partial charge in [-0.2, -0.15) is 0 Å². The molecule has 2 aliphatic rings. The molecule has 0 aromatic carbocycles. The van der Waals surface area contributed by atoms with Gasteiger partial charge in [-0.25, -0.2) is 0 Å². The molecular weight excluding hydrogens is 196 g/mol. The molecule has 78 valence electrons. The van der Waals surface area contributed by atoms with E-state index in [1.165, 1.54) is 12.8 Å². The van der Waals surface area contributed by atoms with E-state index in [0.29, 0.717) is 11.0 Å². The number of nitrogens with zero attached hydrogens (tertiary/aromatic N) is 1. The highest BCUT2D eigenvalue weighted by Gasteiger charge is 2.36. The van der Waals surface area contributed by atoms with E-state index < -0.39 is 0 Å². The zero-order valence-corrected chi connectivity index (χ0v) is 9.05. The number of hydrogen-bond acceptors (Lipinski definition) is 2. The van der Waals surface area contributed by atoms with Gasteiger partial charge in [0.1, 0.15) is 0 Å². The molecule has 0 heterocycles. The molecular formula is C10H16N2OS. The van der Waals surface area contributed by atoms with Gasteiger partial charge in [-0.3, -0.25) is 4.79 Å². The fourth-order valence-electron chi connectivity index (χ4n) is 1.67. The number of carbonyl (C=O) groups is 1. The minimum Gasteiger partial charge on any atom is -0.393 e. The third kappa shape index (κ3) is 2.67. The first kappa shape index (κ1) is 9.90. The van der Waals surface area contributed by atoms with Crippen LogP contribution in [-0.4, -0.2) is 28.4 Å². The van der Waals surface area contributed by atoms with Crippen LogP contribution < -0.4 is 5.73 Å². The lowest BCUT2D eigenvalue weighted by atomic mass is 10.3. The fourth-order valence-corrected chi connectivity index (χ4v) is 1.79. The molecule has 2 fully saturated rings. The van der Waals surface area contributed by atoms with Gasteiger partial charge in [0.25, 0.3) is 0 Å². The molecule has 0 unspecified atom stereocenters. The second-order valence-electron chi connectivity index (χ2n) is 4.36. The van der Waals surface area contributed by atoms with E-state index in [9.17, 15) is 4.79 Å². The molecule has 3 nitrogen and oxygen atoms in total. The van der Waals surface area contributed by atoms with E-state index in [0.717, 1.165) is 25.3 Å². The third-order valence-corrected chi connectivity index (χ3v) is 2.93. The van der Waals surface area contributed by atoms with Gasteiger partial charge in [-0.05, 0) is 31.6 Å². The van der Waals surface area contributed by atoms with E-state index in [-0.39, 0.29) is 12.3 Å². The summed E-state index contributed by atoms with van der Waals surface area (Å²) in [6, 6.07) is 0.498. The lowest BCUT2D eigenvalue weighted by Crippen LogP contribution is -2.36.